The Morgan fingerprint density at radius 1 is 1.00 bits per heavy atom. The predicted octanol–water partition coefficient (Wildman–Crippen LogP) is 7.21. The maximum atomic E-state index is 13.0. The normalized spacial score (nSPS) is 13.2. The van der Waals surface area contributed by atoms with E-state index in [1.54, 1.807) is 15.8 Å². The smallest absolute Gasteiger partial charge is 0.324 e. The van der Waals surface area contributed by atoms with Crippen molar-refractivity contribution in [3.05, 3.63) is 84.4 Å². The van der Waals surface area contributed by atoms with Gasteiger partial charge in [0.2, 0.25) is 5.91 Å². The molecule has 2 N–H and O–H groups in total. The zero-order valence-corrected chi connectivity index (χ0v) is 26.4. The van der Waals surface area contributed by atoms with Crippen LogP contribution >= 0.6 is 11.3 Å². The monoisotopic (exact) mass is 622 g/mol. The van der Waals surface area contributed by atoms with E-state index >= 15 is 0 Å². The second-order valence-electron chi connectivity index (χ2n) is 11.7. The molecule has 6 rings (SSSR count). The molecule has 45 heavy (non-hydrogen) atoms. The molecule has 12 heteroatoms. The molecule has 0 aliphatic carbocycles. The van der Waals surface area contributed by atoms with Crippen LogP contribution in [0.5, 0.6) is 11.8 Å². The summed E-state index contributed by atoms with van der Waals surface area (Å²) in [6, 6.07) is 17.1. The van der Waals surface area contributed by atoms with E-state index in [1.807, 2.05) is 48.5 Å². The minimum atomic E-state index is -0.446. The average molecular weight is 623 g/mol. The highest BCUT2D eigenvalue weighted by Gasteiger charge is 2.25. The number of carbonyl (C=O) groups excluding carboxylic acids is 2. The van der Waals surface area contributed by atoms with Crippen molar-refractivity contribution >= 4 is 39.9 Å². The molecule has 1 aliphatic rings. The molecule has 11 nitrogen and oxygen atoms in total. The Morgan fingerprint density at radius 2 is 1.76 bits per heavy atom. The number of amides is 3. The molecule has 0 unspecified atom stereocenters. The molecule has 1 fully saturated rings. The summed E-state index contributed by atoms with van der Waals surface area (Å²) in [7, 11) is 0. The summed E-state index contributed by atoms with van der Waals surface area (Å²) in [5.74, 6) is 1.24. The van der Waals surface area contributed by atoms with E-state index in [0.717, 1.165) is 51.9 Å². The number of hydrogen-bond acceptors (Lipinski definition) is 8. The summed E-state index contributed by atoms with van der Waals surface area (Å²) in [4.78, 5) is 40.7. The van der Waals surface area contributed by atoms with Gasteiger partial charge in [-0.15, -0.1) is 0 Å². The van der Waals surface area contributed by atoms with Gasteiger partial charge in [0.1, 0.15) is 11.6 Å². The fourth-order valence-electron chi connectivity index (χ4n) is 4.92. The van der Waals surface area contributed by atoms with E-state index in [1.165, 1.54) is 23.7 Å². The van der Waals surface area contributed by atoms with Crippen LogP contribution in [0.3, 0.4) is 0 Å². The lowest BCUT2D eigenvalue weighted by Gasteiger charge is -2.14. The van der Waals surface area contributed by atoms with Crippen molar-refractivity contribution in [2.75, 3.05) is 22.1 Å². The third-order valence-corrected chi connectivity index (χ3v) is 8.42. The van der Waals surface area contributed by atoms with Crippen molar-refractivity contribution in [1.29, 1.82) is 0 Å². The largest absolute Gasteiger partial charge is 0.424 e. The van der Waals surface area contributed by atoms with Gasteiger partial charge in [-0.25, -0.2) is 24.4 Å². The van der Waals surface area contributed by atoms with Gasteiger partial charge < -0.3 is 10.1 Å². The number of thiazole rings is 1. The van der Waals surface area contributed by atoms with Gasteiger partial charge in [0.05, 0.1) is 34.3 Å². The number of hydrogen-bond donors (Lipinski definition) is 2. The minimum Gasteiger partial charge on any atom is -0.424 e. The second kappa shape index (κ2) is 12.5. The Balaban J connectivity index is 1.09. The van der Waals surface area contributed by atoms with Gasteiger partial charge in [-0.3, -0.25) is 15.0 Å². The van der Waals surface area contributed by atoms with Crippen molar-refractivity contribution in [3.8, 4) is 27.9 Å². The topological polar surface area (TPSA) is 127 Å². The van der Waals surface area contributed by atoms with Crippen LogP contribution in [0.1, 0.15) is 51.8 Å². The van der Waals surface area contributed by atoms with Gasteiger partial charge in [0.15, 0.2) is 5.13 Å². The van der Waals surface area contributed by atoms with E-state index in [0.29, 0.717) is 23.7 Å². The van der Waals surface area contributed by atoms with E-state index in [-0.39, 0.29) is 17.3 Å². The number of aryl methyl sites for hydroxylation is 1. The van der Waals surface area contributed by atoms with E-state index in [4.69, 9.17) is 9.84 Å². The van der Waals surface area contributed by atoms with Gasteiger partial charge in [-0.05, 0) is 54.3 Å². The van der Waals surface area contributed by atoms with E-state index in [2.05, 4.69) is 59.3 Å². The number of urea groups is 1. The fourth-order valence-corrected chi connectivity index (χ4v) is 5.88. The number of nitrogens with one attached hydrogen (secondary N) is 2. The van der Waals surface area contributed by atoms with Crippen molar-refractivity contribution in [3.63, 3.8) is 0 Å². The van der Waals surface area contributed by atoms with E-state index < -0.39 is 6.03 Å². The first-order valence-electron chi connectivity index (χ1n) is 14.8. The highest BCUT2D eigenvalue weighted by molar-refractivity contribution is 7.19. The van der Waals surface area contributed by atoms with Crippen molar-refractivity contribution in [1.82, 2.24) is 24.7 Å². The Morgan fingerprint density at radius 3 is 2.44 bits per heavy atom. The quantitative estimate of drug-likeness (QED) is 0.187. The molecular weight excluding hydrogens is 588 g/mol. The summed E-state index contributed by atoms with van der Waals surface area (Å²) in [6.45, 7) is 9.06. The minimum absolute atomic E-state index is 0.122. The predicted molar refractivity (Wildman–Crippen MR) is 176 cm³/mol. The van der Waals surface area contributed by atoms with Crippen molar-refractivity contribution in [2.45, 2.75) is 52.4 Å². The summed E-state index contributed by atoms with van der Waals surface area (Å²) in [5, 5.41) is 11.3. The highest BCUT2D eigenvalue weighted by Crippen LogP contribution is 2.34. The third-order valence-electron chi connectivity index (χ3n) is 7.35. The Bertz CT molecular complexity index is 1820. The molecule has 0 spiro atoms. The number of rotatable bonds is 8. The molecule has 3 aromatic heterocycles. The third kappa shape index (κ3) is 6.70. The van der Waals surface area contributed by atoms with Gasteiger partial charge in [-0.2, -0.15) is 5.10 Å². The van der Waals surface area contributed by atoms with Crippen LogP contribution in [0.2, 0.25) is 0 Å². The number of para-hydroxylation sites is 1. The second-order valence-corrected chi connectivity index (χ2v) is 12.7. The zero-order chi connectivity index (χ0) is 31.6. The molecule has 0 bridgehead atoms. The summed E-state index contributed by atoms with van der Waals surface area (Å²) >= 11 is 1.49. The van der Waals surface area contributed by atoms with Crippen LogP contribution in [0.15, 0.2) is 73.2 Å². The molecule has 4 heterocycles. The zero-order valence-electron chi connectivity index (χ0n) is 25.6. The maximum Gasteiger partial charge on any atom is 0.324 e. The van der Waals surface area contributed by atoms with Crippen LogP contribution in [-0.4, -0.2) is 43.2 Å². The average Bonchev–Trinajstić information content (AvgIpc) is 3.78. The molecule has 0 saturated carbocycles. The van der Waals surface area contributed by atoms with Crippen LogP contribution < -0.4 is 20.3 Å². The number of carbonyl (C=O) groups is 2. The lowest BCUT2D eigenvalue weighted by molar-refractivity contribution is -0.117. The first kappa shape index (κ1) is 29.9. The maximum absolute atomic E-state index is 13.0. The highest BCUT2D eigenvalue weighted by atomic mass is 32.1. The van der Waals surface area contributed by atoms with Gasteiger partial charge in [0.25, 0.3) is 0 Å². The van der Waals surface area contributed by atoms with Crippen molar-refractivity contribution < 1.29 is 14.3 Å². The molecule has 5 aromatic rings. The molecule has 3 amide bonds. The first-order valence-corrected chi connectivity index (χ1v) is 15.6. The molecular formula is C33H34N8O3S. The van der Waals surface area contributed by atoms with Crippen LogP contribution in [0.4, 0.5) is 21.4 Å². The number of benzene rings is 2. The molecule has 2 aromatic carbocycles. The van der Waals surface area contributed by atoms with Crippen LogP contribution in [0, 0.1) is 0 Å². The summed E-state index contributed by atoms with van der Waals surface area (Å²) in [5.41, 5.74) is 4.07. The molecule has 230 valence electrons. The summed E-state index contributed by atoms with van der Waals surface area (Å²) in [6.07, 6.45) is 7.03. The number of aromatic nitrogens is 5. The van der Waals surface area contributed by atoms with Crippen LogP contribution in [-0.2, 0) is 16.6 Å². The van der Waals surface area contributed by atoms with E-state index in [9.17, 15) is 9.59 Å². The summed E-state index contributed by atoms with van der Waals surface area (Å²) < 4.78 is 7.60. The van der Waals surface area contributed by atoms with Gasteiger partial charge in [0, 0.05) is 30.6 Å². The molecule has 0 radical (unpaired) electrons. The van der Waals surface area contributed by atoms with Crippen LogP contribution in [0.25, 0.3) is 16.1 Å². The Labute approximate surface area is 265 Å². The number of anilines is 3. The van der Waals surface area contributed by atoms with Gasteiger partial charge in [-0.1, -0.05) is 57.2 Å². The Hall–Kier alpha value is -5.10. The molecule has 1 aliphatic heterocycles. The molecule has 1 saturated heterocycles. The SMILES string of the molecule is CCc1ccccc1-n1nc(C(C)(C)C)cc1NC(=O)Nc1cnc(Oc2ccc(-c3cnc(N4CCCC4=O)s3)cc2)nc1. The standard InChI is InChI=1S/C33H34N8O3S/c1-5-21-9-6-7-10-25(21)41-28(17-27(39-41)33(2,3)4)38-30(43)37-23-18-34-31(35-19-23)44-24-14-12-22(13-15-24)26-20-36-32(45-26)40-16-8-11-29(40)42/h6-7,9-10,12-15,17-20H,5,8,11,16H2,1-4H3,(H2,37,38,43). The molecule has 0 atom stereocenters. The lowest BCUT2D eigenvalue weighted by atomic mass is 9.92. The Kier molecular flexibility index (Phi) is 8.31. The number of nitrogens with zero attached hydrogens (tertiary/aromatic N) is 6. The lowest BCUT2D eigenvalue weighted by Crippen LogP contribution is -2.23. The van der Waals surface area contributed by atoms with Gasteiger partial charge >= 0.3 is 12.0 Å². The number of ether oxygens (including phenoxy) is 1. The first-order chi connectivity index (χ1) is 21.7. The fraction of sp³-hybridized carbons (Fsp3) is 0.273. The van der Waals surface area contributed by atoms with Crippen molar-refractivity contribution in [2.24, 2.45) is 0 Å².